The molecule has 6 nitrogen and oxygen atoms in total. The molecular weight excluding hydrogens is 326 g/mol. The summed E-state index contributed by atoms with van der Waals surface area (Å²) < 4.78 is 1.51. The van der Waals surface area contributed by atoms with E-state index in [-0.39, 0.29) is 11.7 Å². The lowest BCUT2D eigenvalue weighted by Crippen LogP contribution is -2.31. The third-order valence-corrected chi connectivity index (χ3v) is 4.03. The number of benzene rings is 2. The van der Waals surface area contributed by atoms with Crippen LogP contribution in [0.2, 0.25) is 0 Å². The summed E-state index contributed by atoms with van der Waals surface area (Å²) in [6.07, 6.45) is 3.36. The van der Waals surface area contributed by atoms with Gasteiger partial charge in [0, 0.05) is 25.5 Å². The molecule has 4 rings (SSSR count). The van der Waals surface area contributed by atoms with E-state index < -0.39 is 0 Å². The van der Waals surface area contributed by atoms with Gasteiger partial charge in [-0.3, -0.25) is 4.79 Å². The normalized spacial score (nSPS) is 10.8. The summed E-state index contributed by atoms with van der Waals surface area (Å²) in [6, 6.07) is 21.6. The van der Waals surface area contributed by atoms with Crippen LogP contribution in [0.15, 0.2) is 79.1 Å². The van der Waals surface area contributed by atoms with Gasteiger partial charge in [0.1, 0.15) is 0 Å². The molecule has 0 bridgehead atoms. The van der Waals surface area contributed by atoms with E-state index in [1.807, 2.05) is 60.7 Å². The fourth-order valence-corrected chi connectivity index (χ4v) is 2.77. The van der Waals surface area contributed by atoms with E-state index in [0.29, 0.717) is 18.9 Å². The minimum atomic E-state index is -0.219. The van der Waals surface area contributed by atoms with E-state index >= 15 is 0 Å². The van der Waals surface area contributed by atoms with Gasteiger partial charge in [0.15, 0.2) is 0 Å². The maximum atomic E-state index is 13.1. The van der Waals surface area contributed by atoms with Crippen LogP contribution in [0.1, 0.15) is 21.7 Å². The van der Waals surface area contributed by atoms with Crippen LogP contribution < -0.4 is 0 Å². The Balaban J connectivity index is 1.65. The molecule has 6 heteroatoms. The van der Waals surface area contributed by atoms with Gasteiger partial charge in [-0.05, 0) is 17.2 Å². The van der Waals surface area contributed by atoms with Crippen LogP contribution in [0.4, 0.5) is 0 Å². The van der Waals surface area contributed by atoms with Gasteiger partial charge < -0.3 is 4.90 Å². The molecule has 2 aromatic carbocycles. The zero-order valence-corrected chi connectivity index (χ0v) is 14.1. The van der Waals surface area contributed by atoms with Crippen LogP contribution in [0, 0.1) is 0 Å². The van der Waals surface area contributed by atoms with Gasteiger partial charge in [0.2, 0.25) is 5.82 Å². The highest BCUT2D eigenvalue weighted by atomic mass is 16.2. The smallest absolute Gasteiger partial charge is 0.294 e. The van der Waals surface area contributed by atoms with Crippen molar-refractivity contribution in [3.8, 4) is 0 Å². The summed E-state index contributed by atoms with van der Waals surface area (Å²) >= 11 is 0. The number of fused-ring (bicyclic) bond motifs is 1. The second kappa shape index (κ2) is 7.14. The summed E-state index contributed by atoms with van der Waals surface area (Å²) in [5.41, 5.74) is 2.11. The van der Waals surface area contributed by atoms with Gasteiger partial charge in [0.05, 0.1) is 0 Å². The fraction of sp³-hybridized carbons (Fsp3) is 0.100. The van der Waals surface area contributed by atoms with Gasteiger partial charge in [-0.15, -0.1) is 5.10 Å². The van der Waals surface area contributed by atoms with E-state index in [0.717, 1.165) is 11.1 Å². The Morgan fingerprint density at radius 2 is 1.50 bits per heavy atom. The zero-order chi connectivity index (χ0) is 17.8. The molecule has 0 radical (unpaired) electrons. The number of amides is 1. The maximum absolute atomic E-state index is 13.1. The van der Waals surface area contributed by atoms with Crippen LogP contribution in [0.5, 0.6) is 0 Å². The number of nitrogens with zero attached hydrogens (tertiary/aromatic N) is 5. The molecule has 26 heavy (non-hydrogen) atoms. The third-order valence-electron chi connectivity index (χ3n) is 4.03. The predicted molar refractivity (Wildman–Crippen MR) is 97.2 cm³/mol. The van der Waals surface area contributed by atoms with Gasteiger partial charge >= 0.3 is 0 Å². The SMILES string of the molecule is O=C(c1nc2ncccn2n1)N(Cc1ccccc1)Cc1ccccc1. The van der Waals surface area contributed by atoms with Crippen molar-refractivity contribution in [3.05, 3.63) is 96.1 Å². The van der Waals surface area contributed by atoms with Crippen molar-refractivity contribution >= 4 is 11.7 Å². The van der Waals surface area contributed by atoms with Crippen molar-refractivity contribution < 1.29 is 4.79 Å². The lowest BCUT2D eigenvalue weighted by atomic mass is 10.1. The summed E-state index contributed by atoms with van der Waals surface area (Å²) in [5, 5.41) is 4.27. The first kappa shape index (κ1) is 16.0. The Morgan fingerprint density at radius 1 is 0.885 bits per heavy atom. The van der Waals surface area contributed by atoms with Crippen molar-refractivity contribution in [1.29, 1.82) is 0 Å². The van der Waals surface area contributed by atoms with E-state index in [2.05, 4.69) is 15.1 Å². The van der Waals surface area contributed by atoms with Crippen LogP contribution >= 0.6 is 0 Å². The van der Waals surface area contributed by atoms with E-state index in [1.165, 1.54) is 4.52 Å². The van der Waals surface area contributed by atoms with Crippen molar-refractivity contribution in [3.63, 3.8) is 0 Å². The van der Waals surface area contributed by atoms with Crippen molar-refractivity contribution in [1.82, 2.24) is 24.5 Å². The minimum absolute atomic E-state index is 0.149. The molecule has 2 aromatic heterocycles. The van der Waals surface area contributed by atoms with Gasteiger partial charge in [0.25, 0.3) is 11.7 Å². The number of hydrogen-bond donors (Lipinski definition) is 0. The molecule has 1 amide bonds. The van der Waals surface area contributed by atoms with E-state index in [9.17, 15) is 4.79 Å². The summed E-state index contributed by atoms with van der Waals surface area (Å²) in [5.74, 6) is 0.342. The summed E-state index contributed by atoms with van der Waals surface area (Å²) in [6.45, 7) is 0.967. The largest absolute Gasteiger partial charge is 0.327 e. The first-order chi connectivity index (χ1) is 12.8. The van der Waals surface area contributed by atoms with Crippen LogP contribution in [-0.2, 0) is 13.1 Å². The molecule has 0 N–H and O–H groups in total. The molecule has 0 aliphatic heterocycles. The van der Waals surface area contributed by atoms with Crippen LogP contribution in [-0.4, -0.2) is 30.4 Å². The molecule has 0 fully saturated rings. The van der Waals surface area contributed by atoms with E-state index in [4.69, 9.17) is 0 Å². The molecule has 0 saturated carbocycles. The number of hydrogen-bond acceptors (Lipinski definition) is 4. The number of rotatable bonds is 5. The lowest BCUT2D eigenvalue weighted by molar-refractivity contribution is 0.0718. The molecule has 4 aromatic rings. The number of aromatic nitrogens is 4. The molecular formula is C20H17N5O. The average Bonchev–Trinajstić information content (AvgIpc) is 3.13. The molecule has 2 heterocycles. The fourth-order valence-electron chi connectivity index (χ4n) is 2.77. The summed E-state index contributed by atoms with van der Waals surface area (Å²) in [7, 11) is 0. The Morgan fingerprint density at radius 3 is 2.08 bits per heavy atom. The highest BCUT2D eigenvalue weighted by molar-refractivity contribution is 5.90. The molecule has 0 saturated heterocycles. The zero-order valence-electron chi connectivity index (χ0n) is 14.1. The van der Waals surface area contributed by atoms with Crippen molar-refractivity contribution in [2.45, 2.75) is 13.1 Å². The Hall–Kier alpha value is -3.54. The van der Waals surface area contributed by atoms with Crippen LogP contribution in [0.3, 0.4) is 0 Å². The van der Waals surface area contributed by atoms with E-state index in [1.54, 1.807) is 23.4 Å². The highest BCUT2D eigenvalue weighted by Gasteiger charge is 2.21. The minimum Gasteiger partial charge on any atom is -0.327 e. The molecule has 0 spiro atoms. The standard InChI is InChI=1S/C20H17N5O/c26-19(18-22-20-21-12-7-13-25(20)23-18)24(14-16-8-3-1-4-9-16)15-17-10-5-2-6-11-17/h1-13H,14-15H2. The third kappa shape index (κ3) is 3.44. The number of carbonyl (C=O) groups is 1. The summed E-state index contributed by atoms with van der Waals surface area (Å²) in [4.78, 5) is 23.2. The van der Waals surface area contributed by atoms with Gasteiger partial charge in [-0.25, -0.2) is 9.50 Å². The second-order valence-electron chi connectivity index (χ2n) is 5.93. The first-order valence-electron chi connectivity index (χ1n) is 8.34. The predicted octanol–water partition coefficient (Wildman–Crippen LogP) is 2.97. The Labute approximate surface area is 150 Å². The first-order valence-corrected chi connectivity index (χ1v) is 8.34. The molecule has 0 aliphatic rings. The van der Waals surface area contributed by atoms with Gasteiger partial charge in [-0.2, -0.15) is 4.98 Å². The Kier molecular flexibility index (Phi) is 4.38. The number of carbonyl (C=O) groups excluding carboxylic acids is 1. The second-order valence-corrected chi connectivity index (χ2v) is 5.93. The van der Waals surface area contributed by atoms with Crippen molar-refractivity contribution in [2.24, 2.45) is 0 Å². The maximum Gasteiger partial charge on any atom is 0.294 e. The molecule has 0 unspecified atom stereocenters. The molecule has 0 atom stereocenters. The monoisotopic (exact) mass is 343 g/mol. The topological polar surface area (TPSA) is 63.4 Å². The average molecular weight is 343 g/mol. The Bertz CT molecular complexity index is 940. The highest BCUT2D eigenvalue weighted by Crippen LogP contribution is 2.13. The van der Waals surface area contributed by atoms with Crippen molar-refractivity contribution in [2.75, 3.05) is 0 Å². The molecule has 128 valence electrons. The van der Waals surface area contributed by atoms with Crippen LogP contribution in [0.25, 0.3) is 5.78 Å². The lowest BCUT2D eigenvalue weighted by Gasteiger charge is -2.21. The van der Waals surface area contributed by atoms with Gasteiger partial charge in [-0.1, -0.05) is 60.7 Å². The molecule has 0 aliphatic carbocycles. The quantitative estimate of drug-likeness (QED) is 0.559.